The molecule has 0 saturated heterocycles. The van der Waals surface area contributed by atoms with Crippen molar-refractivity contribution in [3.63, 3.8) is 0 Å². The highest BCUT2D eigenvalue weighted by atomic mass is 16.6. The van der Waals surface area contributed by atoms with Gasteiger partial charge in [0, 0.05) is 6.54 Å². The number of alkyl carbamates (subject to hydrolysis) is 2. The average molecular weight is 528 g/mol. The molecule has 2 rings (SSSR count). The Labute approximate surface area is 223 Å². The topological polar surface area (TPSA) is 132 Å². The summed E-state index contributed by atoms with van der Waals surface area (Å²) in [6.07, 6.45) is 0.00853. The SMILES string of the molecule is COC(=O)[C@@H](NC(=O)C(CCCCNC(=O)OCc1ccccc1)NC(=O)OCc1ccccc1)C(C)C. The fraction of sp³-hybridized carbons (Fsp3) is 0.429. The van der Waals surface area contributed by atoms with Crippen LogP contribution in [-0.2, 0) is 37.0 Å². The van der Waals surface area contributed by atoms with Gasteiger partial charge in [0.15, 0.2) is 0 Å². The third-order valence-corrected chi connectivity index (χ3v) is 5.64. The highest BCUT2D eigenvalue weighted by molar-refractivity contribution is 5.89. The molecular weight excluding hydrogens is 490 g/mol. The van der Waals surface area contributed by atoms with Crippen molar-refractivity contribution in [1.29, 1.82) is 0 Å². The third-order valence-electron chi connectivity index (χ3n) is 5.64. The van der Waals surface area contributed by atoms with E-state index in [0.717, 1.165) is 11.1 Å². The van der Waals surface area contributed by atoms with Crippen LogP contribution < -0.4 is 16.0 Å². The molecule has 2 atom stereocenters. The first-order valence-electron chi connectivity index (χ1n) is 12.6. The van der Waals surface area contributed by atoms with Gasteiger partial charge in [-0.15, -0.1) is 0 Å². The summed E-state index contributed by atoms with van der Waals surface area (Å²) in [5.41, 5.74) is 1.69. The molecule has 0 radical (unpaired) electrons. The van der Waals surface area contributed by atoms with Crippen LogP contribution in [0.4, 0.5) is 9.59 Å². The van der Waals surface area contributed by atoms with Crippen molar-refractivity contribution in [2.45, 2.75) is 58.4 Å². The predicted octanol–water partition coefficient (Wildman–Crippen LogP) is 3.69. The molecule has 10 heteroatoms. The molecule has 0 bridgehead atoms. The number of methoxy groups -OCH3 is 1. The molecule has 2 aromatic carbocycles. The monoisotopic (exact) mass is 527 g/mol. The van der Waals surface area contributed by atoms with Gasteiger partial charge in [0.1, 0.15) is 25.3 Å². The second kappa shape index (κ2) is 16.6. The zero-order valence-corrected chi connectivity index (χ0v) is 22.1. The van der Waals surface area contributed by atoms with Crippen LogP contribution >= 0.6 is 0 Å². The lowest BCUT2D eigenvalue weighted by Crippen LogP contribution is -2.53. The first-order valence-corrected chi connectivity index (χ1v) is 12.6. The van der Waals surface area contributed by atoms with E-state index in [2.05, 4.69) is 16.0 Å². The molecule has 0 aliphatic rings. The number of ether oxygens (including phenoxy) is 3. The minimum atomic E-state index is -0.950. The highest BCUT2D eigenvalue weighted by Gasteiger charge is 2.29. The summed E-state index contributed by atoms with van der Waals surface area (Å²) < 4.78 is 15.2. The second-order valence-corrected chi connectivity index (χ2v) is 9.00. The van der Waals surface area contributed by atoms with Gasteiger partial charge in [-0.2, -0.15) is 0 Å². The van der Waals surface area contributed by atoms with E-state index < -0.39 is 36.1 Å². The Hall–Kier alpha value is -4.08. The van der Waals surface area contributed by atoms with E-state index in [1.165, 1.54) is 7.11 Å². The molecule has 38 heavy (non-hydrogen) atoms. The average Bonchev–Trinajstić information content (AvgIpc) is 2.93. The van der Waals surface area contributed by atoms with E-state index >= 15 is 0 Å². The Bertz CT molecular complexity index is 1020. The van der Waals surface area contributed by atoms with E-state index in [4.69, 9.17) is 14.2 Å². The van der Waals surface area contributed by atoms with Crippen LogP contribution in [0.5, 0.6) is 0 Å². The van der Waals surface area contributed by atoms with Crippen molar-refractivity contribution in [3.05, 3.63) is 71.8 Å². The lowest BCUT2D eigenvalue weighted by molar-refractivity contribution is -0.146. The van der Waals surface area contributed by atoms with Crippen LogP contribution in [0.3, 0.4) is 0 Å². The Kier molecular flexibility index (Phi) is 13.2. The number of amides is 3. The van der Waals surface area contributed by atoms with Crippen LogP contribution in [0.2, 0.25) is 0 Å². The van der Waals surface area contributed by atoms with Gasteiger partial charge in [-0.1, -0.05) is 74.5 Å². The van der Waals surface area contributed by atoms with Gasteiger partial charge in [-0.25, -0.2) is 14.4 Å². The quantitative estimate of drug-likeness (QED) is 0.194. The number of hydrogen-bond acceptors (Lipinski definition) is 7. The maximum atomic E-state index is 13.0. The van der Waals surface area contributed by atoms with Crippen LogP contribution in [-0.4, -0.2) is 49.8 Å². The van der Waals surface area contributed by atoms with Crippen LogP contribution in [0, 0.1) is 5.92 Å². The summed E-state index contributed by atoms with van der Waals surface area (Å²) in [6.45, 7) is 4.10. The van der Waals surface area contributed by atoms with E-state index in [0.29, 0.717) is 19.4 Å². The zero-order valence-electron chi connectivity index (χ0n) is 22.1. The van der Waals surface area contributed by atoms with Crippen LogP contribution in [0.25, 0.3) is 0 Å². The number of hydrogen-bond donors (Lipinski definition) is 3. The molecule has 0 fully saturated rings. The van der Waals surface area contributed by atoms with Gasteiger partial charge in [0.25, 0.3) is 0 Å². The van der Waals surface area contributed by atoms with Crippen LogP contribution in [0.15, 0.2) is 60.7 Å². The standard InChI is InChI=1S/C28H37N3O7/c1-20(2)24(26(33)36-3)31-25(32)23(30-28(35)38-19-22-14-8-5-9-15-22)16-10-11-17-29-27(34)37-18-21-12-6-4-7-13-21/h4-9,12-15,20,23-24H,10-11,16-19H2,1-3H3,(H,29,34)(H,30,35)(H,31,32)/t23?,24-/m0/s1. The second-order valence-electron chi connectivity index (χ2n) is 9.00. The smallest absolute Gasteiger partial charge is 0.408 e. The summed E-state index contributed by atoms with van der Waals surface area (Å²) in [4.78, 5) is 49.4. The largest absolute Gasteiger partial charge is 0.467 e. The van der Waals surface area contributed by atoms with E-state index in [1.807, 2.05) is 60.7 Å². The summed E-state index contributed by atoms with van der Waals surface area (Å²) >= 11 is 0. The summed E-state index contributed by atoms with van der Waals surface area (Å²) in [5, 5.41) is 7.92. The normalized spacial score (nSPS) is 12.1. The van der Waals surface area contributed by atoms with Crippen molar-refractivity contribution in [2.24, 2.45) is 5.92 Å². The van der Waals surface area contributed by atoms with Gasteiger partial charge in [-0.3, -0.25) is 4.79 Å². The van der Waals surface area contributed by atoms with Gasteiger partial charge in [0.05, 0.1) is 7.11 Å². The summed E-state index contributed by atoms with van der Waals surface area (Å²) in [6, 6.07) is 16.7. The number of carbonyl (C=O) groups excluding carboxylic acids is 4. The van der Waals surface area contributed by atoms with Gasteiger partial charge in [0.2, 0.25) is 5.91 Å². The molecule has 0 heterocycles. The van der Waals surface area contributed by atoms with Crippen molar-refractivity contribution in [3.8, 4) is 0 Å². The molecule has 2 aromatic rings. The minimum absolute atomic E-state index is 0.0484. The molecule has 0 aliphatic heterocycles. The predicted molar refractivity (Wildman–Crippen MR) is 141 cm³/mol. The van der Waals surface area contributed by atoms with Crippen molar-refractivity contribution >= 4 is 24.1 Å². The van der Waals surface area contributed by atoms with Crippen molar-refractivity contribution in [1.82, 2.24) is 16.0 Å². The maximum absolute atomic E-state index is 13.0. The van der Waals surface area contributed by atoms with Gasteiger partial charge in [-0.05, 0) is 36.3 Å². The molecule has 0 aromatic heterocycles. The van der Waals surface area contributed by atoms with Crippen molar-refractivity contribution in [2.75, 3.05) is 13.7 Å². The van der Waals surface area contributed by atoms with E-state index in [9.17, 15) is 19.2 Å². The minimum Gasteiger partial charge on any atom is -0.467 e. The lowest BCUT2D eigenvalue weighted by Gasteiger charge is -2.24. The number of esters is 1. The highest BCUT2D eigenvalue weighted by Crippen LogP contribution is 2.08. The van der Waals surface area contributed by atoms with Crippen LogP contribution in [0.1, 0.15) is 44.2 Å². The molecule has 3 amide bonds. The Morgan fingerprint density at radius 2 is 1.32 bits per heavy atom. The third kappa shape index (κ3) is 11.3. The number of nitrogens with one attached hydrogen (secondary N) is 3. The number of unbranched alkanes of at least 4 members (excludes halogenated alkanes) is 1. The summed E-state index contributed by atoms with van der Waals surface area (Å²) in [5.74, 6) is -1.32. The molecular formula is C28H37N3O7. The lowest BCUT2D eigenvalue weighted by atomic mass is 10.0. The molecule has 0 saturated carbocycles. The van der Waals surface area contributed by atoms with Gasteiger partial charge < -0.3 is 30.2 Å². The van der Waals surface area contributed by atoms with Gasteiger partial charge >= 0.3 is 18.2 Å². The Morgan fingerprint density at radius 1 is 0.763 bits per heavy atom. The maximum Gasteiger partial charge on any atom is 0.408 e. The Morgan fingerprint density at radius 3 is 1.84 bits per heavy atom. The Balaban J connectivity index is 1.85. The summed E-state index contributed by atoms with van der Waals surface area (Å²) in [7, 11) is 1.25. The van der Waals surface area contributed by atoms with Crippen molar-refractivity contribution < 1.29 is 33.4 Å². The fourth-order valence-electron chi connectivity index (χ4n) is 3.49. The van der Waals surface area contributed by atoms with E-state index in [-0.39, 0.29) is 25.6 Å². The molecule has 1 unspecified atom stereocenters. The first kappa shape index (κ1) is 30.1. The zero-order chi connectivity index (χ0) is 27.8. The first-order chi connectivity index (χ1) is 18.3. The number of benzene rings is 2. The molecule has 3 N–H and O–H groups in total. The van der Waals surface area contributed by atoms with E-state index in [1.54, 1.807) is 13.8 Å². The fourth-order valence-corrected chi connectivity index (χ4v) is 3.49. The number of carbonyl (C=O) groups is 4. The molecule has 0 aliphatic carbocycles. The number of rotatable bonds is 14. The molecule has 206 valence electrons. The molecule has 0 spiro atoms. The molecule has 10 nitrogen and oxygen atoms in total.